The third-order valence-corrected chi connectivity index (χ3v) is 3.49. The molecule has 0 radical (unpaired) electrons. The Kier molecular flexibility index (Phi) is 3.22. The highest BCUT2D eigenvalue weighted by molar-refractivity contribution is 6.37. The molecule has 3 aromatic rings. The summed E-state index contributed by atoms with van der Waals surface area (Å²) in [6, 6.07) is 6.58. The molecule has 0 amide bonds. The zero-order valence-corrected chi connectivity index (χ0v) is 11.1. The number of carbonyl (C=O) groups is 1. The van der Waals surface area contributed by atoms with Crippen LogP contribution in [0.2, 0.25) is 5.02 Å². The summed E-state index contributed by atoms with van der Waals surface area (Å²) in [6.45, 7) is 0. The zero-order chi connectivity index (χ0) is 15.1. The number of nitrogens with one attached hydrogen (secondary N) is 1. The van der Waals surface area contributed by atoms with Crippen LogP contribution in [0.15, 0.2) is 36.5 Å². The van der Waals surface area contributed by atoms with Crippen LogP contribution in [0, 0.1) is 17.5 Å². The molecular formula is C15H7ClF3NO. The molecule has 3 rings (SSSR count). The molecule has 1 N–H and O–H groups in total. The van der Waals surface area contributed by atoms with Crippen molar-refractivity contribution < 1.29 is 18.0 Å². The van der Waals surface area contributed by atoms with Crippen molar-refractivity contribution in [2.24, 2.45) is 0 Å². The molecule has 0 atom stereocenters. The standard InChI is InChI=1S/C15H7ClF3NO/c16-9-2-1-3-11-12(9)8(6-20-11)15(21)7-4-5-10(17)14(19)13(7)18/h1-6,20H. The average molecular weight is 310 g/mol. The quantitative estimate of drug-likeness (QED) is 0.550. The third-order valence-electron chi connectivity index (χ3n) is 3.18. The molecular weight excluding hydrogens is 303 g/mol. The summed E-state index contributed by atoms with van der Waals surface area (Å²) < 4.78 is 39.9. The van der Waals surface area contributed by atoms with E-state index in [9.17, 15) is 18.0 Å². The lowest BCUT2D eigenvalue weighted by molar-refractivity contribution is 0.103. The highest BCUT2D eigenvalue weighted by Gasteiger charge is 2.22. The smallest absolute Gasteiger partial charge is 0.198 e. The maximum atomic E-state index is 13.7. The number of aromatic amines is 1. The van der Waals surface area contributed by atoms with Gasteiger partial charge < -0.3 is 4.98 Å². The molecule has 0 aliphatic carbocycles. The molecule has 0 fully saturated rings. The molecule has 1 aromatic heterocycles. The minimum atomic E-state index is -1.67. The fourth-order valence-corrected chi connectivity index (χ4v) is 2.44. The summed E-state index contributed by atoms with van der Waals surface area (Å²) in [7, 11) is 0. The molecule has 6 heteroatoms. The van der Waals surface area contributed by atoms with Crippen LogP contribution in [0.4, 0.5) is 13.2 Å². The van der Waals surface area contributed by atoms with Crippen LogP contribution in [0.1, 0.15) is 15.9 Å². The summed E-state index contributed by atoms with van der Waals surface area (Å²) in [6.07, 6.45) is 1.36. The molecule has 1 heterocycles. The van der Waals surface area contributed by atoms with Gasteiger partial charge >= 0.3 is 0 Å². The molecule has 21 heavy (non-hydrogen) atoms. The van der Waals surface area contributed by atoms with E-state index in [1.54, 1.807) is 18.2 Å². The van der Waals surface area contributed by atoms with Crippen molar-refractivity contribution in [2.75, 3.05) is 0 Å². The van der Waals surface area contributed by atoms with Crippen LogP contribution >= 0.6 is 11.6 Å². The molecule has 0 aliphatic rings. The minimum Gasteiger partial charge on any atom is -0.360 e. The number of hydrogen-bond acceptors (Lipinski definition) is 1. The number of hydrogen-bond donors (Lipinski definition) is 1. The van der Waals surface area contributed by atoms with Gasteiger partial charge in [-0.05, 0) is 24.3 Å². The Balaban J connectivity index is 2.20. The maximum absolute atomic E-state index is 13.7. The van der Waals surface area contributed by atoms with Crippen LogP contribution in [0.5, 0.6) is 0 Å². The third kappa shape index (κ3) is 2.10. The van der Waals surface area contributed by atoms with Gasteiger partial charge in [0.15, 0.2) is 23.2 Å². The van der Waals surface area contributed by atoms with Crippen LogP contribution < -0.4 is 0 Å². The normalized spacial score (nSPS) is 11.0. The highest BCUT2D eigenvalue weighted by Crippen LogP contribution is 2.29. The summed E-state index contributed by atoms with van der Waals surface area (Å²) in [5.41, 5.74) is 0.143. The maximum Gasteiger partial charge on any atom is 0.198 e. The Hall–Kier alpha value is -2.27. The van der Waals surface area contributed by atoms with Gasteiger partial charge in [0.1, 0.15) is 0 Å². The van der Waals surface area contributed by atoms with Gasteiger partial charge in [0.25, 0.3) is 0 Å². The fourth-order valence-electron chi connectivity index (χ4n) is 2.17. The average Bonchev–Trinajstić information content (AvgIpc) is 2.90. The summed E-state index contributed by atoms with van der Waals surface area (Å²) in [5.74, 6) is -5.31. The Bertz CT molecular complexity index is 873. The highest BCUT2D eigenvalue weighted by atomic mass is 35.5. The van der Waals surface area contributed by atoms with E-state index in [1.165, 1.54) is 6.20 Å². The first-order valence-electron chi connectivity index (χ1n) is 5.94. The Morgan fingerprint density at radius 2 is 1.76 bits per heavy atom. The summed E-state index contributed by atoms with van der Waals surface area (Å²) in [4.78, 5) is 15.2. The predicted octanol–water partition coefficient (Wildman–Crippen LogP) is 4.47. The molecule has 2 nitrogen and oxygen atoms in total. The van der Waals surface area contributed by atoms with Crippen LogP contribution in [-0.4, -0.2) is 10.8 Å². The predicted molar refractivity (Wildman–Crippen MR) is 73.1 cm³/mol. The van der Waals surface area contributed by atoms with E-state index in [4.69, 9.17) is 11.6 Å². The van der Waals surface area contributed by atoms with Crippen LogP contribution in [-0.2, 0) is 0 Å². The topological polar surface area (TPSA) is 32.9 Å². The van der Waals surface area contributed by atoms with E-state index in [0.29, 0.717) is 22.0 Å². The molecule has 2 aromatic carbocycles. The second-order valence-corrected chi connectivity index (χ2v) is 4.82. The monoisotopic (exact) mass is 309 g/mol. The van der Waals surface area contributed by atoms with Gasteiger partial charge in [-0.2, -0.15) is 0 Å². The summed E-state index contributed by atoms with van der Waals surface area (Å²) in [5, 5.41) is 0.716. The molecule has 0 aliphatic heterocycles. The van der Waals surface area contributed by atoms with Gasteiger partial charge in [-0.3, -0.25) is 4.79 Å². The van der Waals surface area contributed by atoms with Gasteiger partial charge in [0.05, 0.1) is 10.6 Å². The number of benzene rings is 2. The number of aromatic nitrogens is 1. The first kappa shape index (κ1) is 13.7. The lowest BCUT2D eigenvalue weighted by atomic mass is 10.0. The van der Waals surface area contributed by atoms with E-state index in [1.807, 2.05) is 0 Å². The minimum absolute atomic E-state index is 0.0977. The molecule has 0 saturated heterocycles. The van der Waals surface area contributed by atoms with E-state index in [2.05, 4.69) is 4.98 Å². The van der Waals surface area contributed by atoms with Gasteiger partial charge in [0.2, 0.25) is 0 Å². The Morgan fingerprint density at radius 3 is 2.52 bits per heavy atom. The number of fused-ring (bicyclic) bond motifs is 1. The van der Waals surface area contributed by atoms with Crippen molar-refractivity contribution in [2.45, 2.75) is 0 Å². The van der Waals surface area contributed by atoms with Gasteiger partial charge in [-0.25, -0.2) is 13.2 Å². The number of H-pyrrole nitrogens is 1. The molecule has 0 saturated carbocycles. The van der Waals surface area contributed by atoms with Crippen molar-refractivity contribution in [3.63, 3.8) is 0 Å². The Labute approximate surface area is 122 Å². The lowest BCUT2D eigenvalue weighted by Crippen LogP contribution is -2.06. The first-order chi connectivity index (χ1) is 10.0. The summed E-state index contributed by atoms with van der Waals surface area (Å²) >= 11 is 6.03. The molecule has 106 valence electrons. The van der Waals surface area contributed by atoms with E-state index < -0.39 is 28.8 Å². The van der Waals surface area contributed by atoms with Crippen molar-refractivity contribution in [1.29, 1.82) is 0 Å². The van der Waals surface area contributed by atoms with Gasteiger partial charge in [-0.15, -0.1) is 0 Å². The van der Waals surface area contributed by atoms with Crippen LogP contribution in [0.25, 0.3) is 10.9 Å². The van der Waals surface area contributed by atoms with E-state index in [-0.39, 0.29) is 5.56 Å². The lowest BCUT2D eigenvalue weighted by Gasteiger charge is -2.04. The Morgan fingerprint density at radius 1 is 1.00 bits per heavy atom. The number of rotatable bonds is 2. The zero-order valence-electron chi connectivity index (χ0n) is 10.4. The SMILES string of the molecule is O=C(c1ccc(F)c(F)c1F)c1c[nH]c2cccc(Cl)c12. The fraction of sp³-hybridized carbons (Fsp3) is 0. The van der Waals surface area contributed by atoms with Crippen molar-refractivity contribution >= 4 is 28.3 Å². The second-order valence-electron chi connectivity index (χ2n) is 4.42. The first-order valence-corrected chi connectivity index (χ1v) is 6.32. The van der Waals surface area contributed by atoms with Crippen molar-refractivity contribution in [1.82, 2.24) is 4.98 Å². The van der Waals surface area contributed by atoms with E-state index in [0.717, 1.165) is 6.07 Å². The molecule has 0 spiro atoms. The van der Waals surface area contributed by atoms with E-state index >= 15 is 0 Å². The van der Waals surface area contributed by atoms with Crippen molar-refractivity contribution in [3.05, 3.63) is 70.1 Å². The van der Waals surface area contributed by atoms with Crippen LogP contribution in [0.3, 0.4) is 0 Å². The second kappa shape index (κ2) is 4.93. The number of carbonyl (C=O) groups excluding carboxylic acids is 1. The number of halogens is 4. The molecule has 0 bridgehead atoms. The van der Waals surface area contributed by atoms with Gasteiger partial charge in [-0.1, -0.05) is 17.7 Å². The van der Waals surface area contributed by atoms with Crippen molar-refractivity contribution in [3.8, 4) is 0 Å². The largest absolute Gasteiger partial charge is 0.360 e. The van der Waals surface area contributed by atoms with Gasteiger partial charge in [0, 0.05) is 22.7 Å². The number of ketones is 1. The molecule has 0 unspecified atom stereocenters.